The molecule has 0 fully saturated rings. The summed E-state index contributed by atoms with van der Waals surface area (Å²) in [7, 11) is 0. The minimum atomic E-state index is -0.604. The summed E-state index contributed by atoms with van der Waals surface area (Å²) < 4.78 is 14.2. The summed E-state index contributed by atoms with van der Waals surface area (Å²) in [6.45, 7) is 1.48. The maximum atomic E-state index is 13.0. The molecule has 0 saturated carbocycles. The zero-order chi connectivity index (χ0) is 12.6. The zero-order valence-electron chi connectivity index (χ0n) is 8.92. The number of halogens is 1. The van der Waals surface area contributed by atoms with Crippen LogP contribution >= 0.6 is 0 Å². The maximum absolute atomic E-state index is 13.0. The lowest BCUT2D eigenvalue weighted by atomic mass is 10.3. The second kappa shape index (κ2) is 3.85. The Balaban J connectivity index is 2.62. The molecule has 0 spiro atoms. The number of hydrogen-bond acceptors (Lipinski definition) is 4. The summed E-state index contributed by atoms with van der Waals surface area (Å²) in [4.78, 5) is 10.1. The van der Waals surface area contributed by atoms with Crippen molar-refractivity contribution in [2.75, 3.05) is 5.73 Å². The predicted octanol–water partition coefficient (Wildman–Crippen LogP) is 1.81. The van der Waals surface area contributed by atoms with Gasteiger partial charge in [-0.25, -0.2) is 9.07 Å². The fourth-order valence-corrected chi connectivity index (χ4v) is 1.57. The number of nitro groups is 1. The second-order valence-electron chi connectivity index (χ2n) is 3.47. The van der Waals surface area contributed by atoms with Gasteiger partial charge in [0.15, 0.2) is 0 Å². The van der Waals surface area contributed by atoms with E-state index in [-0.39, 0.29) is 17.2 Å². The Morgan fingerprint density at radius 3 is 2.76 bits per heavy atom. The van der Waals surface area contributed by atoms with Gasteiger partial charge in [0, 0.05) is 0 Å². The maximum Gasteiger partial charge on any atom is 0.333 e. The first-order valence-electron chi connectivity index (χ1n) is 4.76. The van der Waals surface area contributed by atoms with Crippen LogP contribution in [0, 0.1) is 22.9 Å². The van der Waals surface area contributed by atoms with E-state index in [1.807, 2.05) is 0 Å². The second-order valence-corrected chi connectivity index (χ2v) is 3.47. The van der Waals surface area contributed by atoms with Gasteiger partial charge in [0.1, 0.15) is 11.5 Å². The zero-order valence-corrected chi connectivity index (χ0v) is 8.92. The van der Waals surface area contributed by atoms with Gasteiger partial charge in [-0.2, -0.15) is 5.10 Å². The van der Waals surface area contributed by atoms with Crippen LogP contribution in [0.4, 0.5) is 15.9 Å². The van der Waals surface area contributed by atoms with Crippen molar-refractivity contribution in [2.45, 2.75) is 6.92 Å². The Kier molecular flexibility index (Phi) is 2.51. The third-order valence-electron chi connectivity index (χ3n) is 2.30. The van der Waals surface area contributed by atoms with Crippen LogP contribution in [0.3, 0.4) is 0 Å². The minimum Gasteiger partial charge on any atom is -0.378 e. The van der Waals surface area contributed by atoms with Gasteiger partial charge in [0.05, 0.1) is 10.6 Å². The van der Waals surface area contributed by atoms with Gasteiger partial charge in [-0.1, -0.05) is 6.07 Å². The highest BCUT2D eigenvalue weighted by atomic mass is 19.1. The van der Waals surface area contributed by atoms with E-state index in [9.17, 15) is 14.5 Å². The number of nitrogens with zero attached hydrogens (tertiary/aromatic N) is 3. The van der Waals surface area contributed by atoms with Crippen molar-refractivity contribution in [1.29, 1.82) is 0 Å². The molecule has 0 unspecified atom stereocenters. The van der Waals surface area contributed by atoms with Crippen LogP contribution in [-0.2, 0) is 0 Å². The number of anilines is 1. The molecule has 7 heteroatoms. The molecule has 1 aromatic carbocycles. The smallest absolute Gasteiger partial charge is 0.333 e. The molecule has 0 atom stereocenters. The van der Waals surface area contributed by atoms with Crippen LogP contribution < -0.4 is 5.73 Å². The molecule has 0 radical (unpaired) electrons. The largest absolute Gasteiger partial charge is 0.378 e. The SMILES string of the molecule is Cc1nn(-c2cccc(F)c2)c(N)c1[N+](=O)[O-]. The van der Waals surface area contributed by atoms with Crippen LogP contribution in [0.25, 0.3) is 5.69 Å². The molecule has 1 heterocycles. The molecule has 0 aliphatic carbocycles. The van der Waals surface area contributed by atoms with Gasteiger partial charge in [-0.15, -0.1) is 0 Å². The van der Waals surface area contributed by atoms with Crippen molar-refractivity contribution in [3.8, 4) is 5.69 Å². The van der Waals surface area contributed by atoms with Gasteiger partial charge in [-0.05, 0) is 25.1 Å². The number of benzene rings is 1. The third-order valence-corrected chi connectivity index (χ3v) is 2.30. The van der Waals surface area contributed by atoms with E-state index in [4.69, 9.17) is 5.73 Å². The Bertz CT molecular complexity index is 594. The van der Waals surface area contributed by atoms with Crippen molar-refractivity contribution < 1.29 is 9.31 Å². The molecular formula is C10H9FN4O2. The number of nitrogen functional groups attached to an aromatic ring is 1. The molecule has 6 nitrogen and oxygen atoms in total. The highest BCUT2D eigenvalue weighted by Gasteiger charge is 2.23. The average molecular weight is 236 g/mol. The van der Waals surface area contributed by atoms with Crippen LogP contribution in [-0.4, -0.2) is 14.7 Å². The summed E-state index contributed by atoms with van der Waals surface area (Å²) in [5.41, 5.74) is 5.91. The average Bonchev–Trinajstić information content (AvgIpc) is 2.54. The van der Waals surface area contributed by atoms with E-state index in [1.165, 1.54) is 25.1 Å². The molecule has 2 N–H and O–H groups in total. The van der Waals surface area contributed by atoms with Gasteiger partial charge in [-0.3, -0.25) is 10.1 Å². The van der Waals surface area contributed by atoms with Crippen LogP contribution in [0.1, 0.15) is 5.69 Å². The normalized spacial score (nSPS) is 10.5. The van der Waals surface area contributed by atoms with Crippen molar-refractivity contribution in [3.05, 3.63) is 45.9 Å². The fourth-order valence-electron chi connectivity index (χ4n) is 1.57. The molecule has 2 aromatic rings. The molecule has 0 amide bonds. The van der Waals surface area contributed by atoms with Crippen molar-refractivity contribution in [1.82, 2.24) is 9.78 Å². The monoisotopic (exact) mass is 236 g/mol. The Labute approximate surface area is 95.6 Å². The van der Waals surface area contributed by atoms with Crippen molar-refractivity contribution in [2.24, 2.45) is 0 Å². The van der Waals surface area contributed by atoms with E-state index in [0.717, 1.165) is 4.68 Å². The van der Waals surface area contributed by atoms with Crippen LogP contribution in [0.5, 0.6) is 0 Å². The number of rotatable bonds is 2. The molecule has 0 saturated heterocycles. The van der Waals surface area contributed by atoms with E-state index >= 15 is 0 Å². The quantitative estimate of drug-likeness (QED) is 0.636. The summed E-state index contributed by atoms with van der Waals surface area (Å²) in [5.74, 6) is -0.573. The Morgan fingerprint density at radius 1 is 1.53 bits per heavy atom. The lowest BCUT2D eigenvalue weighted by Gasteiger charge is -2.02. The van der Waals surface area contributed by atoms with E-state index in [0.29, 0.717) is 5.69 Å². The van der Waals surface area contributed by atoms with E-state index < -0.39 is 10.7 Å². The number of nitrogens with two attached hydrogens (primary N) is 1. The first-order chi connectivity index (χ1) is 8.00. The topological polar surface area (TPSA) is 87.0 Å². The number of hydrogen-bond donors (Lipinski definition) is 1. The highest BCUT2D eigenvalue weighted by Crippen LogP contribution is 2.27. The van der Waals surface area contributed by atoms with Crippen molar-refractivity contribution >= 4 is 11.5 Å². The van der Waals surface area contributed by atoms with Gasteiger partial charge >= 0.3 is 5.69 Å². The summed E-state index contributed by atoms with van der Waals surface area (Å²) in [5, 5.41) is 14.7. The molecule has 1 aromatic heterocycles. The van der Waals surface area contributed by atoms with E-state index in [2.05, 4.69) is 5.10 Å². The highest BCUT2D eigenvalue weighted by molar-refractivity contribution is 5.59. The molecular weight excluding hydrogens is 227 g/mol. The number of aryl methyl sites for hydroxylation is 1. The summed E-state index contributed by atoms with van der Waals surface area (Å²) in [6.07, 6.45) is 0. The van der Waals surface area contributed by atoms with Crippen LogP contribution in [0.2, 0.25) is 0 Å². The molecule has 0 aliphatic rings. The fraction of sp³-hybridized carbons (Fsp3) is 0.100. The minimum absolute atomic E-state index is 0.113. The molecule has 0 bridgehead atoms. The third kappa shape index (κ3) is 1.82. The lowest BCUT2D eigenvalue weighted by Crippen LogP contribution is -2.03. The summed E-state index contributed by atoms with van der Waals surface area (Å²) in [6, 6.07) is 5.51. The lowest BCUT2D eigenvalue weighted by molar-refractivity contribution is -0.384. The Morgan fingerprint density at radius 2 is 2.24 bits per heavy atom. The first kappa shape index (κ1) is 11.1. The standard InChI is InChI=1S/C10H9FN4O2/c1-6-9(15(16)17)10(12)14(13-6)8-4-2-3-7(11)5-8/h2-5H,12H2,1H3. The van der Waals surface area contributed by atoms with Crippen LogP contribution in [0.15, 0.2) is 24.3 Å². The molecule has 17 heavy (non-hydrogen) atoms. The number of aromatic nitrogens is 2. The predicted molar refractivity (Wildman–Crippen MR) is 59.3 cm³/mol. The van der Waals surface area contributed by atoms with Crippen molar-refractivity contribution in [3.63, 3.8) is 0 Å². The molecule has 88 valence electrons. The van der Waals surface area contributed by atoms with Gasteiger partial charge in [0.2, 0.25) is 5.82 Å². The van der Waals surface area contributed by atoms with Gasteiger partial charge < -0.3 is 5.73 Å². The van der Waals surface area contributed by atoms with E-state index in [1.54, 1.807) is 6.07 Å². The summed E-state index contributed by atoms with van der Waals surface area (Å²) >= 11 is 0. The van der Waals surface area contributed by atoms with Gasteiger partial charge in [0.25, 0.3) is 0 Å². The molecule has 0 aliphatic heterocycles. The molecule has 2 rings (SSSR count). The first-order valence-corrected chi connectivity index (χ1v) is 4.76. The Hall–Kier alpha value is -2.44.